The van der Waals surface area contributed by atoms with E-state index in [9.17, 15) is 9.59 Å². The average Bonchev–Trinajstić information content (AvgIpc) is 2.44. The van der Waals surface area contributed by atoms with Crippen LogP contribution in [0, 0.1) is 5.41 Å². The fourth-order valence-electron chi connectivity index (χ4n) is 3.18. The van der Waals surface area contributed by atoms with Gasteiger partial charge in [-0.15, -0.1) is 0 Å². The number of rotatable bonds is 3. The first-order valence-corrected chi connectivity index (χ1v) is 7.80. The fourth-order valence-corrected chi connectivity index (χ4v) is 3.18. The van der Waals surface area contributed by atoms with Crippen molar-refractivity contribution in [2.24, 2.45) is 5.41 Å². The number of β-lactam (4-membered cyclic amide) rings is 1. The Hall–Kier alpha value is -2.04. The van der Waals surface area contributed by atoms with Gasteiger partial charge in [-0.1, -0.05) is 13.8 Å². The molecule has 1 N–H and O–H groups in total. The Kier molecular flexibility index (Phi) is 3.59. The lowest BCUT2D eigenvalue weighted by atomic mass is 9.68. The van der Waals surface area contributed by atoms with E-state index in [1.807, 2.05) is 31.3 Å². The van der Waals surface area contributed by atoms with E-state index in [0.29, 0.717) is 17.9 Å². The van der Waals surface area contributed by atoms with Crippen LogP contribution in [0.5, 0.6) is 0 Å². The average molecular weight is 301 g/mol. The van der Waals surface area contributed by atoms with Crippen LogP contribution in [0.1, 0.15) is 33.1 Å². The Morgan fingerprint density at radius 2 is 1.91 bits per heavy atom. The van der Waals surface area contributed by atoms with Crippen molar-refractivity contribution >= 4 is 23.3 Å². The van der Waals surface area contributed by atoms with Crippen molar-refractivity contribution in [3.05, 3.63) is 24.3 Å². The van der Waals surface area contributed by atoms with Crippen molar-refractivity contribution in [1.82, 2.24) is 4.90 Å². The molecule has 5 nitrogen and oxygen atoms in total. The Labute approximate surface area is 131 Å². The zero-order chi connectivity index (χ0) is 15.9. The molecule has 1 heterocycles. The van der Waals surface area contributed by atoms with Crippen LogP contribution in [-0.2, 0) is 4.79 Å². The normalized spacial score (nSPS) is 20.1. The van der Waals surface area contributed by atoms with Crippen molar-refractivity contribution in [2.75, 3.05) is 23.8 Å². The van der Waals surface area contributed by atoms with Crippen molar-refractivity contribution in [3.63, 3.8) is 0 Å². The van der Waals surface area contributed by atoms with E-state index in [1.54, 1.807) is 9.80 Å². The van der Waals surface area contributed by atoms with Gasteiger partial charge in [-0.25, -0.2) is 4.79 Å². The lowest BCUT2D eigenvalue weighted by Gasteiger charge is -2.46. The number of hydrogen-bond acceptors (Lipinski definition) is 2. The summed E-state index contributed by atoms with van der Waals surface area (Å²) in [6.07, 6.45) is 2.72. The molecule has 118 valence electrons. The molecule has 1 saturated carbocycles. The summed E-state index contributed by atoms with van der Waals surface area (Å²) in [6, 6.07) is 7.69. The van der Waals surface area contributed by atoms with Crippen molar-refractivity contribution < 1.29 is 9.59 Å². The molecule has 0 unspecified atom stereocenters. The van der Waals surface area contributed by atoms with Crippen LogP contribution in [-0.4, -0.2) is 36.5 Å². The maximum Gasteiger partial charge on any atom is 0.321 e. The van der Waals surface area contributed by atoms with Gasteiger partial charge in [0, 0.05) is 37.4 Å². The molecule has 2 aliphatic rings. The Bertz CT molecular complexity index is 586. The topological polar surface area (TPSA) is 52.7 Å². The van der Waals surface area contributed by atoms with E-state index in [0.717, 1.165) is 30.8 Å². The minimum atomic E-state index is -0.0757. The van der Waals surface area contributed by atoms with Gasteiger partial charge < -0.3 is 15.1 Å². The minimum absolute atomic E-state index is 0.0757. The predicted octanol–water partition coefficient (Wildman–Crippen LogP) is 3.08. The van der Waals surface area contributed by atoms with E-state index in [2.05, 4.69) is 19.2 Å². The van der Waals surface area contributed by atoms with Crippen molar-refractivity contribution in [3.8, 4) is 0 Å². The van der Waals surface area contributed by atoms with E-state index < -0.39 is 0 Å². The highest BCUT2D eigenvalue weighted by molar-refractivity contribution is 5.99. The number of anilines is 2. The third-order valence-electron chi connectivity index (χ3n) is 4.73. The fraction of sp³-hybridized carbons (Fsp3) is 0.529. The molecular weight excluding hydrogens is 278 g/mol. The van der Waals surface area contributed by atoms with E-state index in [-0.39, 0.29) is 11.9 Å². The van der Waals surface area contributed by atoms with Crippen LogP contribution >= 0.6 is 0 Å². The molecule has 0 bridgehead atoms. The van der Waals surface area contributed by atoms with Crippen LogP contribution in [0.3, 0.4) is 0 Å². The van der Waals surface area contributed by atoms with Gasteiger partial charge in [0.05, 0.1) is 0 Å². The van der Waals surface area contributed by atoms with Gasteiger partial charge in [-0.3, -0.25) is 4.79 Å². The minimum Gasteiger partial charge on any atom is -0.325 e. The number of amides is 3. The second kappa shape index (κ2) is 5.30. The molecule has 3 rings (SSSR count). The summed E-state index contributed by atoms with van der Waals surface area (Å²) in [5, 5.41) is 2.92. The Balaban J connectivity index is 1.56. The van der Waals surface area contributed by atoms with Gasteiger partial charge in [0.25, 0.3) is 0 Å². The lowest BCUT2D eigenvalue weighted by molar-refractivity contribution is -0.122. The number of nitrogens with zero attached hydrogens (tertiary/aromatic N) is 2. The standard InChI is InChI=1S/C17H23N3O2/c1-17(2)10-14(11-17)19(3)16(22)18-12-4-6-13(7-5-12)20-9-8-15(20)21/h4-7,14H,8-11H2,1-3H3,(H,18,22). The molecule has 0 atom stereocenters. The predicted molar refractivity (Wildman–Crippen MR) is 87.0 cm³/mol. The number of nitrogens with one attached hydrogen (secondary N) is 1. The molecule has 0 spiro atoms. The Morgan fingerprint density at radius 1 is 1.27 bits per heavy atom. The van der Waals surface area contributed by atoms with Crippen LogP contribution in [0.4, 0.5) is 16.2 Å². The molecule has 1 aliphatic carbocycles. The molecule has 5 heteroatoms. The zero-order valence-electron chi connectivity index (χ0n) is 13.4. The summed E-state index contributed by atoms with van der Waals surface area (Å²) in [5.74, 6) is 0.157. The molecule has 22 heavy (non-hydrogen) atoms. The molecule has 1 saturated heterocycles. The molecule has 2 fully saturated rings. The van der Waals surface area contributed by atoms with Crippen LogP contribution in [0.2, 0.25) is 0 Å². The second-order valence-electron chi connectivity index (χ2n) is 7.11. The number of carbonyl (C=O) groups excluding carboxylic acids is 2. The number of carbonyl (C=O) groups is 2. The lowest BCUT2D eigenvalue weighted by Crippen LogP contribution is -2.50. The monoisotopic (exact) mass is 301 g/mol. The summed E-state index contributed by atoms with van der Waals surface area (Å²) < 4.78 is 0. The highest BCUT2D eigenvalue weighted by Crippen LogP contribution is 2.42. The van der Waals surface area contributed by atoms with E-state index in [4.69, 9.17) is 0 Å². The quantitative estimate of drug-likeness (QED) is 0.872. The maximum atomic E-state index is 12.2. The third kappa shape index (κ3) is 2.80. The molecule has 1 aromatic carbocycles. The van der Waals surface area contributed by atoms with Crippen molar-refractivity contribution in [2.45, 2.75) is 39.2 Å². The van der Waals surface area contributed by atoms with Crippen LogP contribution in [0.25, 0.3) is 0 Å². The summed E-state index contributed by atoms with van der Waals surface area (Å²) in [5.41, 5.74) is 2.00. The smallest absolute Gasteiger partial charge is 0.321 e. The third-order valence-corrected chi connectivity index (χ3v) is 4.73. The Morgan fingerprint density at radius 3 is 2.36 bits per heavy atom. The summed E-state index contributed by atoms with van der Waals surface area (Å²) in [4.78, 5) is 27.2. The van der Waals surface area contributed by atoms with Gasteiger partial charge >= 0.3 is 6.03 Å². The molecule has 3 amide bonds. The number of hydrogen-bond donors (Lipinski definition) is 1. The SMILES string of the molecule is CN(C(=O)Nc1ccc(N2CCC2=O)cc1)C1CC(C)(C)C1. The van der Waals surface area contributed by atoms with E-state index in [1.165, 1.54) is 0 Å². The highest BCUT2D eigenvalue weighted by Gasteiger charge is 2.39. The summed E-state index contributed by atoms with van der Waals surface area (Å²) in [7, 11) is 1.85. The van der Waals surface area contributed by atoms with Gasteiger partial charge in [-0.05, 0) is 42.5 Å². The van der Waals surface area contributed by atoms with Gasteiger partial charge in [0.15, 0.2) is 0 Å². The molecule has 0 aromatic heterocycles. The van der Waals surface area contributed by atoms with Gasteiger partial charge in [0.1, 0.15) is 0 Å². The summed E-state index contributed by atoms with van der Waals surface area (Å²) in [6.45, 7) is 5.24. The number of urea groups is 1. The van der Waals surface area contributed by atoms with Gasteiger partial charge in [-0.2, -0.15) is 0 Å². The van der Waals surface area contributed by atoms with Crippen LogP contribution in [0.15, 0.2) is 24.3 Å². The first-order chi connectivity index (χ1) is 10.4. The summed E-state index contributed by atoms with van der Waals surface area (Å²) >= 11 is 0. The molecule has 0 radical (unpaired) electrons. The molecule has 1 aliphatic heterocycles. The second-order valence-corrected chi connectivity index (χ2v) is 7.11. The van der Waals surface area contributed by atoms with Crippen LogP contribution < -0.4 is 10.2 Å². The first kappa shape index (κ1) is 14.9. The maximum absolute atomic E-state index is 12.2. The largest absolute Gasteiger partial charge is 0.325 e. The molecule has 1 aromatic rings. The first-order valence-electron chi connectivity index (χ1n) is 7.80. The van der Waals surface area contributed by atoms with E-state index >= 15 is 0 Å². The number of benzene rings is 1. The zero-order valence-corrected chi connectivity index (χ0v) is 13.4. The highest BCUT2D eigenvalue weighted by atomic mass is 16.2. The van der Waals surface area contributed by atoms with Crippen molar-refractivity contribution in [1.29, 1.82) is 0 Å². The van der Waals surface area contributed by atoms with Gasteiger partial charge in [0.2, 0.25) is 5.91 Å². The molecular formula is C17H23N3O2.